The fraction of sp³-hybridized carbons (Fsp3) is 0.632. The summed E-state index contributed by atoms with van der Waals surface area (Å²) in [6.07, 6.45) is 8.41. The fourth-order valence-corrected chi connectivity index (χ4v) is 4.91. The van der Waals surface area contributed by atoms with Gasteiger partial charge in [0.25, 0.3) is 5.91 Å². The third-order valence-electron chi connectivity index (χ3n) is 5.13. The summed E-state index contributed by atoms with van der Waals surface area (Å²) in [6, 6.07) is 6.32. The molecule has 1 saturated carbocycles. The number of ether oxygens (including phenoxy) is 1. The maximum Gasteiger partial charge on any atom is 0.260 e. The number of carbonyl (C=O) groups excluding carboxylic acids is 1. The van der Waals surface area contributed by atoms with Gasteiger partial charge in [-0.1, -0.05) is 19.3 Å². The van der Waals surface area contributed by atoms with Crippen LogP contribution >= 0.6 is 0 Å². The Balaban J connectivity index is 1.53. The van der Waals surface area contributed by atoms with Crippen molar-refractivity contribution in [3.63, 3.8) is 0 Å². The smallest absolute Gasteiger partial charge is 0.260 e. The summed E-state index contributed by atoms with van der Waals surface area (Å²) >= 11 is 0. The van der Waals surface area contributed by atoms with E-state index in [0.717, 1.165) is 51.6 Å². The average Bonchev–Trinajstić information content (AvgIpc) is 2.67. The summed E-state index contributed by atoms with van der Waals surface area (Å²) < 4.78 is 33.3. The minimum Gasteiger partial charge on any atom is -0.484 e. The number of benzene rings is 1. The second-order valence-corrected chi connectivity index (χ2v) is 8.87. The first-order valence-corrected chi connectivity index (χ1v) is 11.1. The minimum absolute atomic E-state index is 0.00752. The van der Waals surface area contributed by atoms with Crippen LogP contribution < -0.4 is 9.46 Å². The van der Waals surface area contributed by atoms with Crippen molar-refractivity contribution in [3.8, 4) is 5.75 Å². The molecule has 2 fully saturated rings. The van der Waals surface area contributed by atoms with Crippen LogP contribution in [0.25, 0.3) is 0 Å². The van der Waals surface area contributed by atoms with Crippen molar-refractivity contribution in [1.29, 1.82) is 0 Å². The zero-order valence-corrected chi connectivity index (χ0v) is 16.0. The predicted molar refractivity (Wildman–Crippen MR) is 99.6 cm³/mol. The molecule has 7 heteroatoms. The van der Waals surface area contributed by atoms with Crippen LogP contribution in [-0.4, -0.2) is 45.0 Å². The van der Waals surface area contributed by atoms with E-state index in [-0.39, 0.29) is 23.5 Å². The lowest BCUT2D eigenvalue weighted by Crippen LogP contribution is -2.38. The highest BCUT2D eigenvalue weighted by Crippen LogP contribution is 2.21. The predicted octanol–water partition coefficient (Wildman–Crippen LogP) is 2.69. The number of rotatable bonds is 6. The SMILES string of the molecule is O=C(COc1ccc(S(=O)(=O)NC2CCCCC2)cc1)N1CCCCC1. The Morgan fingerprint density at radius 3 is 2.27 bits per heavy atom. The van der Waals surface area contributed by atoms with Gasteiger partial charge in [0.1, 0.15) is 5.75 Å². The van der Waals surface area contributed by atoms with Crippen LogP contribution in [-0.2, 0) is 14.8 Å². The molecule has 1 aliphatic carbocycles. The fourth-order valence-electron chi connectivity index (χ4n) is 3.60. The number of amides is 1. The van der Waals surface area contributed by atoms with Crippen molar-refractivity contribution < 1.29 is 17.9 Å². The molecule has 144 valence electrons. The third kappa shape index (κ3) is 5.20. The van der Waals surface area contributed by atoms with Gasteiger partial charge in [-0.25, -0.2) is 13.1 Å². The molecular formula is C19H28N2O4S. The van der Waals surface area contributed by atoms with E-state index < -0.39 is 10.0 Å². The Labute approximate surface area is 156 Å². The molecule has 1 saturated heterocycles. The molecule has 0 spiro atoms. The van der Waals surface area contributed by atoms with Gasteiger partial charge in [-0.05, 0) is 56.4 Å². The van der Waals surface area contributed by atoms with E-state index in [1.807, 2.05) is 4.90 Å². The highest BCUT2D eigenvalue weighted by Gasteiger charge is 2.22. The Bertz CT molecular complexity index is 691. The van der Waals surface area contributed by atoms with Crippen LogP contribution in [0.2, 0.25) is 0 Å². The molecule has 6 nitrogen and oxygen atoms in total. The van der Waals surface area contributed by atoms with E-state index in [4.69, 9.17) is 4.74 Å². The molecule has 3 rings (SSSR count). The summed E-state index contributed by atoms with van der Waals surface area (Å²) in [5.74, 6) is 0.493. The van der Waals surface area contributed by atoms with E-state index in [1.54, 1.807) is 12.1 Å². The van der Waals surface area contributed by atoms with Crippen molar-refractivity contribution >= 4 is 15.9 Å². The van der Waals surface area contributed by atoms with Crippen molar-refractivity contribution in [3.05, 3.63) is 24.3 Å². The van der Waals surface area contributed by atoms with Crippen LogP contribution in [0.5, 0.6) is 5.75 Å². The number of carbonyl (C=O) groups is 1. The van der Waals surface area contributed by atoms with Gasteiger partial charge >= 0.3 is 0 Å². The number of hydrogen-bond acceptors (Lipinski definition) is 4. The van der Waals surface area contributed by atoms with E-state index in [1.165, 1.54) is 25.0 Å². The molecule has 1 aliphatic heterocycles. The molecule has 26 heavy (non-hydrogen) atoms. The van der Waals surface area contributed by atoms with Gasteiger partial charge in [-0.2, -0.15) is 0 Å². The van der Waals surface area contributed by atoms with Crippen LogP contribution in [0.15, 0.2) is 29.2 Å². The lowest BCUT2D eigenvalue weighted by atomic mass is 9.96. The Morgan fingerprint density at radius 2 is 1.62 bits per heavy atom. The lowest BCUT2D eigenvalue weighted by molar-refractivity contribution is -0.134. The van der Waals surface area contributed by atoms with Crippen molar-refractivity contribution in [2.75, 3.05) is 19.7 Å². The molecule has 0 aromatic heterocycles. The molecule has 1 amide bonds. The first-order valence-electron chi connectivity index (χ1n) is 9.57. The third-order valence-corrected chi connectivity index (χ3v) is 6.67. The Kier molecular flexibility index (Phi) is 6.53. The summed E-state index contributed by atoms with van der Waals surface area (Å²) in [7, 11) is -3.51. The number of nitrogens with zero attached hydrogens (tertiary/aromatic N) is 1. The van der Waals surface area contributed by atoms with Gasteiger partial charge < -0.3 is 9.64 Å². The monoisotopic (exact) mass is 380 g/mol. The number of nitrogens with one attached hydrogen (secondary N) is 1. The van der Waals surface area contributed by atoms with Crippen LogP contribution in [0.1, 0.15) is 51.4 Å². The normalized spacial score (nSPS) is 19.3. The van der Waals surface area contributed by atoms with E-state index >= 15 is 0 Å². The highest BCUT2D eigenvalue weighted by atomic mass is 32.2. The standard InChI is InChI=1S/C19H28N2O4S/c22-19(21-13-5-2-6-14-21)15-25-17-9-11-18(12-10-17)26(23,24)20-16-7-3-1-4-8-16/h9-12,16,20H,1-8,13-15H2. The number of likely N-dealkylation sites (tertiary alicyclic amines) is 1. The minimum atomic E-state index is -3.51. The summed E-state index contributed by atoms with van der Waals surface area (Å²) in [6.45, 7) is 1.59. The van der Waals surface area contributed by atoms with Gasteiger partial charge in [-0.3, -0.25) is 4.79 Å². The zero-order chi connectivity index (χ0) is 18.4. The van der Waals surface area contributed by atoms with Crippen molar-refractivity contribution in [2.45, 2.75) is 62.3 Å². The quantitative estimate of drug-likeness (QED) is 0.823. The summed E-state index contributed by atoms with van der Waals surface area (Å²) in [5.41, 5.74) is 0. The lowest BCUT2D eigenvalue weighted by Gasteiger charge is -2.26. The maximum absolute atomic E-state index is 12.5. The molecule has 0 atom stereocenters. The van der Waals surface area contributed by atoms with E-state index in [0.29, 0.717) is 5.75 Å². The largest absolute Gasteiger partial charge is 0.484 e. The van der Waals surface area contributed by atoms with Crippen LogP contribution in [0.3, 0.4) is 0 Å². The molecular weight excluding hydrogens is 352 g/mol. The topological polar surface area (TPSA) is 75.7 Å². The molecule has 1 N–H and O–H groups in total. The summed E-state index contributed by atoms with van der Waals surface area (Å²) in [5, 5.41) is 0. The number of sulfonamides is 1. The first kappa shape index (κ1) is 19.2. The molecule has 0 radical (unpaired) electrons. The second-order valence-electron chi connectivity index (χ2n) is 7.16. The summed E-state index contributed by atoms with van der Waals surface area (Å²) in [4.78, 5) is 14.2. The van der Waals surface area contributed by atoms with Gasteiger partial charge in [-0.15, -0.1) is 0 Å². The maximum atomic E-state index is 12.5. The van der Waals surface area contributed by atoms with Gasteiger partial charge in [0, 0.05) is 19.1 Å². The second kappa shape index (κ2) is 8.86. The molecule has 1 aromatic carbocycles. The zero-order valence-electron chi connectivity index (χ0n) is 15.2. The van der Waals surface area contributed by atoms with Gasteiger partial charge in [0.05, 0.1) is 4.90 Å². The van der Waals surface area contributed by atoms with Crippen LogP contribution in [0, 0.1) is 0 Å². The Hall–Kier alpha value is -1.60. The highest BCUT2D eigenvalue weighted by molar-refractivity contribution is 7.89. The van der Waals surface area contributed by atoms with Crippen molar-refractivity contribution in [2.24, 2.45) is 0 Å². The van der Waals surface area contributed by atoms with Gasteiger partial charge in [0.2, 0.25) is 10.0 Å². The first-order chi connectivity index (χ1) is 12.5. The number of piperidine rings is 1. The molecule has 2 aliphatic rings. The molecule has 1 aromatic rings. The molecule has 0 bridgehead atoms. The van der Waals surface area contributed by atoms with Crippen molar-refractivity contribution in [1.82, 2.24) is 9.62 Å². The molecule has 0 unspecified atom stereocenters. The Morgan fingerprint density at radius 1 is 1.00 bits per heavy atom. The number of hydrogen-bond donors (Lipinski definition) is 1. The average molecular weight is 381 g/mol. The van der Waals surface area contributed by atoms with E-state index in [2.05, 4.69) is 4.72 Å². The van der Waals surface area contributed by atoms with E-state index in [9.17, 15) is 13.2 Å². The van der Waals surface area contributed by atoms with Gasteiger partial charge in [0.15, 0.2) is 6.61 Å². The molecule has 1 heterocycles. The van der Waals surface area contributed by atoms with Crippen LogP contribution in [0.4, 0.5) is 0 Å².